The number of para-hydroxylation sites is 1. The average molecular weight is 471 g/mol. The molecule has 0 saturated carbocycles. The Morgan fingerprint density at radius 1 is 1.15 bits per heavy atom. The summed E-state index contributed by atoms with van der Waals surface area (Å²) in [7, 11) is 0. The maximum absolute atomic E-state index is 13.7. The third kappa shape index (κ3) is 5.37. The van der Waals surface area contributed by atoms with Crippen molar-refractivity contribution in [2.45, 2.75) is 69.9 Å². The van der Waals surface area contributed by atoms with E-state index in [0.29, 0.717) is 45.6 Å². The van der Waals surface area contributed by atoms with Gasteiger partial charge in [-0.25, -0.2) is 0 Å². The summed E-state index contributed by atoms with van der Waals surface area (Å²) in [4.78, 5) is 44.7. The Morgan fingerprint density at radius 3 is 2.59 bits per heavy atom. The first-order valence-electron chi connectivity index (χ1n) is 12.8. The molecule has 0 radical (unpaired) electrons. The minimum absolute atomic E-state index is 0.0123. The van der Waals surface area contributed by atoms with Crippen LogP contribution in [0.25, 0.3) is 0 Å². The van der Waals surface area contributed by atoms with Crippen LogP contribution < -0.4 is 10.2 Å². The van der Waals surface area contributed by atoms with Crippen LogP contribution in [0.5, 0.6) is 0 Å². The minimum Gasteiger partial charge on any atom is -0.376 e. The van der Waals surface area contributed by atoms with Crippen LogP contribution in [-0.2, 0) is 19.1 Å². The van der Waals surface area contributed by atoms with Crippen molar-refractivity contribution in [3.63, 3.8) is 0 Å². The molecule has 1 aromatic rings. The first kappa shape index (κ1) is 24.5. The average Bonchev–Trinajstić information content (AvgIpc) is 3.47. The lowest BCUT2D eigenvalue weighted by molar-refractivity contribution is -0.140. The van der Waals surface area contributed by atoms with Crippen LogP contribution >= 0.6 is 0 Å². The first-order chi connectivity index (χ1) is 16.5. The molecule has 0 aliphatic carbocycles. The van der Waals surface area contributed by atoms with Crippen LogP contribution in [0.1, 0.15) is 58.3 Å². The molecular weight excluding hydrogens is 432 g/mol. The van der Waals surface area contributed by atoms with E-state index in [1.54, 1.807) is 4.90 Å². The van der Waals surface area contributed by atoms with Crippen molar-refractivity contribution in [2.75, 3.05) is 44.4 Å². The molecule has 3 fully saturated rings. The number of nitrogens with one attached hydrogen (secondary N) is 1. The van der Waals surface area contributed by atoms with Crippen molar-refractivity contribution in [3.8, 4) is 0 Å². The van der Waals surface area contributed by atoms with Gasteiger partial charge >= 0.3 is 0 Å². The highest BCUT2D eigenvalue weighted by molar-refractivity contribution is 5.96. The van der Waals surface area contributed by atoms with Crippen LogP contribution in [-0.4, -0.2) is 78.6 Å². The van der Waals surface area contributed by atoms with Gasteiger partial charge in [0.1, 0.15) is 12.1 Å². The van der Waals surface area contributed by atoms with Gasteiger partial charge < -0.3 is 24.8 Å². The van der Waals surface area contributed by atoms with Gasteiger partial charge in [-0.15, -0.1) is 0 Å². The monoisotopic (exact) mass is 470 g/mol. The summed E-state index contributed by atoms with van der Waals surface area (Å²) in [6, 6.07) is 9.92. The minimum atomic E-state index is -0.712. The topological polar surface area (TPSA) is 82.2 Å². The van der Waals surface area contributed by atoms with Crippen LogP contribution in [0.2, 0.25) is 0 Å². The maximum atomic E-state index is 13.7. The van der Waals surface area contributed by atoms with E-state index in [2.05, 4.69) is 17.1 Å². The Bertz CT molecular complexity index is 848. The Hall–Kier alpha value is -2.61. The van der Waals surface area contributed by atoms with E-state index in [9.17, 15) is 14.4 Å². The summed E-state index contributed by atoms with van der Waals surface area (Å²) >= 11 is 0. The maximum Gasteiger partial charge on any atom is 0.250 e. The number of hydrogen-bond donors (Lipinski definition) is 1. The number of likely N-dealkylation sites (tertiary alicyclic amines) is 1. The molecule has 4 rings (SSSR count). The number of amides is 3. The summed E-state index contributed by atoms with van der Waals surface area (Å²) in [5, 5.41) is 2.94. The molecule has 1 unspecified atom stereocenters. The number of carbonyl (C=O) groups excluding carboxylic acids is 3. The summed E-state index contributed by atoms with van der Waals surface area (Å²) < 4.78 is 5.58. The van der Waals surface area contributed by atoms with Crippen LogP contribution in [0.3, 0.4) is 0 Å². The number of anilines is 1. The smallest absolute Gasteiger partial charge is 0.250 e. The predicted molar refractivity (Wildman–Crippen MR) is 130 cm³/mol. The molecular formula is C26H38N4O4. The second kappa shape index (κ2) is 11.2. The molecule has 1 aromatic carbocycles. The van der Waals surface area contributed by atoms with Crippen molar-refractivity contribution in [1.82, 2.24) is 15.1 Å². The Morgan fingerprint density at radius 2 is 1.91 bits per heavy atom. The highest BCUT2D eigenvalue weighted by Crippen LogP contribution is 2.39. The van der Waals surface area contributed by atoms with E-state index in [1.807, 2.05) is 35.2 Å². The summed E-state index contributed by atoms with van der Waals surface area (Å²) in [6.45, 7) is 4.92. The number of unbranched alkanes of at least 4 members (excludes halogenated alkanes) is 2. The van der Waals surface area contributed by atoms with E-state index in [1.165, 1.54) is 0 Å². The standard InChI is InChI=1S/C26H38N4O4/c1-2-3-5-12-24(32)28-15-13-26(14-16-28)25(33)29(20-30(26)21-9-6-4-7-10-21)19-23(31)27-18-22-11-8-17-34-22/h4,6-7,9-10,22H,2-3,5,8,11-20H2,1H3,(H,27,31). The van der Waals surface area contributed by atoms with Gasteiger partial charge in [0.25, 0.3) is 5.91 Å². The zero-order valence-electron chi connectivity index (χ0n) is 20.3. The van der Waals surface area contributed by atoms with Gasteiger partial charge in [0.15, 0.2) is 0 Å². The molecule has 3 amide bonds. The molecule has 0 bridgehead atoms. The third-order valence-corrected chi connectivity index (χ3v) is 7.40. The Labute approximate surface area is 202 Å². The second-order valence-electron chi connectivity index (χ2n) is 9.72. The molecule has 1 N–H and O–H groups in total. The van der Waals surface area contributed by atoms with E-state index < -0.39 is 5.54 Å². The van der Waals surface area contributed by atoms with Gasteiger partial charge in [0.2, 0.25) is 11.8 Å². The SMILES string of the molecule is CCCCCC(=O)N1CCC2(CC1)C(=O)N(CC(=O)NCC1CCCO1)CN2c1ccccc1. The van der Waals surface area contributed by atoms with Gasteiger partial charge in [-0.1, -0.05) is 38.0 Å². The Kier molecular flexibility index (Phi) is 8.08. The van der Waals surface area contributed by atoms with E-state index >= 15 is 0 Å². The van der Waals surface area contributed by atoms with Crippen LogP contribution in [0.4, 0.5) is 5.69 Å². The van der Waals surface area contributed by atoms with Gasteiger partial charge in [0, 0.05) is 38.3 Å². The van der Waals surface area contributed by atoms with Crippen LogP contribution in [0.15, 0.2) is 30.3 Å². The molecule has 3 saturated heterocycles. The van der Waals surface area contributed by atoms with Crippen molar-refractivity contribution < 1.29 is 19.1 Å². The van der Waals surface area contributed by atoms with Crippen molar-refractivity contribution in [1.29, 1.82) is 0 Å². The highest BCUT2D eigenvalue weighted by Gasteiger charge is 2.54. The molecule has 3 heterocycles. The van der Waals surface area contributed by atoms with E-state index in [4.69, 9.17) is 4.74 Å². The fraction of sp³-hybridized carbons (Fsp3) is 0.654. The van der Waals surface area contributed by atoms with Crippen molar-refractivity contribution >= 4 is 23.4 Å². The molecule has 1 spiro atoms. The largest absolute Gasteiger partial charge is 0.376 e. The molecule has 3 aliphatic heterocycles. The number of carbonyl (C=O) groups is 3. The number of hydrogen-bond acceptors (Lipinski definition) is 5. The number of rotatable bonds is 9. The number of nitrogens with zero attached hydrogens (tertiary/aromatic N) is 3. The highest BCUT2D eigenvalue weighted by atomic mass is 16.5. The molecule has 186 valence electrons. The first-order valence-corrected chi connectivity index (χ1v) is 12.8. The third-order valence-electron chi connectivity index (χ3n) is 7.40. The van der Waals surface area contributed by atoms with Gasteiger partial charge in [-0.05, 0) is 44.2 Å². The van der Waals surface area contributed by atoms with E-state index in [0.717, 1.165) is 44.4 Å². The molecule has 8 heteroatoms. The lowest BCUT2D eigenvalue weighted by Gasteiger charge is -2.43. The molecule has 3 aliphatic rings. The molecule has 34 heavy (non-hydrogen) atoms. The molecule has 0 aromatic heterocycles. The lowest BCUT2D eigenvalue weighted by atomic mass is 9.85. The predicted octanol–water partition coefficient (Wildman–Crippen LogP) is 2.53. The fourth-order valence-corrected chi connectivity index (χ4v) is 5.39. The Balaban J connectivity index is 1.42. The van der Waals surface area contributed by atoms with Crippen LogP contribution in [0, 0.1) is 0 Å². The number of ether oxygens (including phenoxy) is 1. The summed E-state index contributed by atoms with van der Waals surface area (Å²) in [5.74, 6) is 0.0181. The normalized spacial score (nSPS) is 22.0. The number of benzene rings is 1. The quantitative estimate of drug-likeness (QED) is 0.561. The van der Waals surface area contributed by atoms with E-state index in [-0.39, 0.29) is 30.4 Å². The zero-order valence-corrected chi connectivity index (χ0v) is 20.3. The summed E-state index contributed by atoms with van der Waals surface area (Å²) in [6.07, 6.45) is 6.86. The fourth-order valence-electron chi connectivity index (χ4n) is 5.39. The lowest BCUT2D eigenvalue weighted by Crippen LogP contribution is -2.57. The van der Waals surface area contributed by atoms with Gasteiger partial charge in [-0.2, -0.15) is 0 Å². The van der Waals surface area contributed by atoms with Gasteiger partial charge in [0.05, 0.1) is 12.8 Å². The zero-order chi connectivity index (χ0) is 24.0. The molecule has 1 atom stereocenters. The van der Waals surface area contributed by atoms with Crippen molar-refractivity contribution in [3.05, 3.63) is 30.3 Å². The summed E-state index contributed by atoms with van der Waals surface area (Å²) in [5.41, 5.74) is 0.261. The van der Waals surface area contributed by atoms with Gasteiger partial charge in [-0.3, -0.25) is 14.4 Å². The second-order valence-corrected chi connectivity index (χ2v) is 9.72. The van der Waals surface area contributed by atoms with Crippen molar-refractivity contribution in [2.24, 2.45) is 0 Å². The number of piperidine rings is 1. The molecule has 8 nitrogen and oxygen atoms in total.